The molecule has 0 radical (unpaired) electrons. The highest BCUT2D eigenvalue weighted by Gasteiger charge is 2.27. The molecule has 1 aliphatic rings. The maximum absolute atomic E-state index is 12.0. The Morgan fingerprint density at radius 3 is 2.80 bits per heavy atom. The van der Waals surface area contributed by atoms with Gasteiger partial charge in [0, 0.05) is 11.6 Å². The first kappa shape index (κ1) is 14.8. The van der Waals surface area contributed by atoms with Gasteiger partial charge in [-0.25, -0.2) is 0 Å². The van der Waals surface area contributed by atoms with Crippen LogP contribution < -0.4 is 5.32 Å². The number of halogens is 1. The van der Waals surface area contributed by atoms with Crippen molar-refractivity contribution in [1.29, 1.82) is 0 Å². The average Bonchev–Trinajstić information content (AvgIpc) is 2.92. The Balaban J connectivity index is 2.13. The van der Waals surface area contributed by atoms with Crippen molar-refractivity contribution in [2.24, 2.45) is 0 Å². The number of hydrogen-bond donors (Lipinski definition) is 2. The molecule has 1 aromatic carbocycles. The Morgan fingerprint density at radius 2 is 2.20 bits per heavy atom. The van der Waals surface area contributed by atoms with Gasteiger partial charge in [0.25, 0.3) is 0 Å². The lowest BCUT2D eigenvalue weighted by Crippen LogP contribution is -2.37. The van der Waals surface area contributed by atoms with Crippen LogP contribution >= 0.6 is 11.6 Å². The summed E-state index contributed by atoms with van der Waals surface area (Å²) in [6, 6.07) is 6.24. The first-order chi connectivity index (χ1) is 9.58. The molecule has 2 atom stereocenters. The Labute approximate surface area is 121 Å². The highest BCUT2D eigenvalue weighted by molar-refractivity contribution is 6.31. The smallest absolute Gasteiger partial charge is 0.305 e. The zero-order chi connectivity index (χ0) is 14.5. The summed E-state index contributed by atoms with van der Waals surface area (Å²) in [5.74, 6) is -1.28. The molecule has 1 aromatic rings. The summed E-state index contributed by atoms with van der Waals surface area (Å²) in [5, 5.41) is 12.1. The van der Waals surface area contributed by atoms with E-state index in [1.54, 1.807) is 24.3 Å². The van der Waals surface area contributed by atoms with E-state index in [2.05, 4.69) is 5.32 Å². The van der Waals surface area contributed by atoms with Crippen LogP contribution in [0, 0.1) is 0 Å². The third-order valence-electron chi connectivity index (χ3n) is 3.20. The van der Waals surface area contributed by atoms with Crippen LogP contribution in [0.1, 0.15) is 30.9 Å². The lowest BCUT2D eigenvalue weighted by molar-refractivity contribution is -0.138. The van der Waals surface area contributed by atoms with Gasteiger partial charge in [0.1, 0.15) is 6.10 Å². The predicted octanol–water partition coefficient (Wildman–Crippen LogP) is 2.15. The van der Waals surface area contributed by atoms with Crippen molar-refractivity contribution in [3.63, 3.8) is 0 Å². The first-order valence-electron chi connectivity index (χ1n) is 6.46. The normalized spacial score (nSPS) is 19.6. The monoisotopic (exact) mass is 297 g/mol. The lowest BCUT2D eigenvalue weighted by Gasteiger charge is -2.20. The van der Waals surface area contributed by atoms with Gasteiger partial charge < -0.3 is 15.2 Å². The number of aliphatic carboxylic acids is 1. The molecule has 1 amide bonds. The van der Waals surface area contributed by atoms with Crippen molar-refractivity contribution >= 4 is 23.5 Å². The molecule has 2 N–H and O–H groups in total. The van der Waals surface area contributed by atoms with Crippen LogP contribution in [0.2, 0.25) is 5.02 Å². The SMILES string of the molecule is O=C(O)CC(NC(=O)C1CCCO1)c1ccccc1Cl. The quantitative estimate of drug-likeness (QED) is 0.873. The topological polar surface area (TPSA) is 75.6 Å². The molecule has 6 heteroatoms. The van der Waals surface area contributed by atoms with Crippen molar-refractivity contribution in [2.75, 3.05) is 6.61 Å². The van der Waals surface area contributed by atoms with E-state index in [0.29, 0.717) is 23.6 Å². The molecule has 1 heterocycles. The maximum atomic E-state index is 12.0. The molecule has 1 saturated heterocycles. The number of rotatable bonds is 5. The number of ether oxygens (including phenoxy) is 1. The number of nitrogens with one attached hydrogen (secondary N) is 1. The number of hydrogen-bond acceptors (Lipinski definition) is 3. The summed E-state index contributed by atoms with van der Waals surface area (Å²) in [5.41, 5.74) is 0.600. The van der Waals surface area contributed by atoms with Crippen molar-refractivity contribution in [1.82, 2.24) is 5.32 Å². The largest absolute Gasteiger partial charge is 0.481 e. The Kier molecular flexibility index (Phi) is 4.98. The third-order valence-corrected chi connectivity index (χ3v) is 3.54. The maximum Gasteiger partial charge on any atom is 0.305 e. The van der Waals surface area contributed by atoms with E-state index in [4.69, 9.17) is 21.4 Å². The van der Waals surface area contributed by atoms with Crippen molar-refractivity contribution < 1.29 is 19.4 Å². The van der Waals surface area contributed by atoms with Gasteiger partial charge in [0.05, 0.1) is 12.5 Å². The Bertz CT molecular complexity index is 500. The van der Waals surface area contributed by atoms with Gasteiger partial charge in [-0.05, 0) is 24.5 Å². The molecule has 0 aromatic heterocycles. The molecular formula is C14H16ClNO4. The summed E-state index contributed by atoms with van der Waals surface area (Å²) < 4.78 is 5.29. The van der Waals surface area contributed by atoms with Crippen molar-refractivity contribution in [3.05, 3.63) is 34.9 Å². The van der Waals surface area contributed by atoms with Crippen molar-refractivity contribution in [3.8, 4) is 0 Å². The fourth-order valence-electron chi connectivity index (χ4n) is 2.22. The Hall–Kier alpha value is -1.59. The van der Waals surface area contributed by atoms with E-state index >= 15 is 0 Å². The van der Waals surface area contributed by atoms with E-state index in [9.17, 15) is 9.59 Å². The van der Waals surface area contributed by atoms with Crippen LogP contribution in [-0.2, 0) is 14.3 Å². The zero-order valence-electron chi connectivity index (χ0n) is 10.8. The molecular weight excluding hydrogens is 282 g/mol. The number of carboxylic acids is 1. The van der Waals surface area contributed by atoms with E-state index in [1.807, 2.05) is 0 Å². The van der Waals surface area contributed by atoms with E-state index < -0.39 is 18.1 Å². The molecule has 0 bridgehead atoms. The lowest BCUT2D eigenvalue weighted by atomic mass is 10.0. The van der Waals surface area contributed by atoms with Gasteiger partial charge in [-0.1, -0.05) is 29.8 Å². The zero-order valence-corrected chi connectivity index (χ0v) is 11.6. The minimum atomic E-state index is -0.998. The van der Waals surface area contributed by atoms with E-state index in [0.717, 1.165) is 6.42 Å². The predicted molar refractivity (Wildman–Crippen MR) is 73.6 cm³/mol. The molecule has 2 rings (SSSR count). The highest BCUT2D eigenvalue weighted by atomic mass is 35.5. The van der Waals surface area contributed by atoms with Crippen LogP contribution in [0.5, 0.6) is 0 Å². The molecule has 5 nitrogen and oxygen atoms in total. The standard InChI is InChI=1S/C14H16ClNO4/c15-10-5-2-1-4-9(10)11(8-13(17)18)16-14(19)12-6-3-7-20-12/h1-2,4-5,11-12H,3,6-8H2,(H,16,19)(H,17,18). The molecule has 108 valence electrons. The molecule has 20 heavy (non-hydrogen) atoms. The fraction of sp³-hybridized carbons (Fsp3) is 0.429. The minimum Gasteiger partial charge on any atom is -0.481 e. The summed E-state index contributed by atoms with van der Waals surface area (Å²) >= 11 is 6.07. The molecule has 0 aliphatic carbocycles. The van der Waals surface area contributed by atoms with Gasteiger partial charge in [-0.2, -0.15) is 0 Å². The molecule has 1 fully saturated rings. The minimum absolute atomic E-state index is 0.220. The van der Waals surface area contributed by atoms with Gasteiger partial charge in [0.15, 0.2) is 0 Å². The van der Waals surface area contributed by atoms with Gasteiger partial charge in [-0.3, -0.25) is 9.59 Å². The second-order valence-corrected chi connectivity index (χ2v) is 5.09. The summed E-state index contributed by atoms with van der Waals surface area (Å²) in [6.45, 7) is 0.563. The number of amides is 1. The van der Waals surface area contributed by atoms with Crippen molar-refractivity contribution in [2.45, 2.75) is 31.4 Å². The van der Waals surface area contributed by atoms with E-state index in [-0.39, 0.29) is 12.3 Å². The molecule has 1 aliphatic heterocycles. The summed E-state index contributed by atoms with van der Waals surface area (Å²) in [6.07, 6.45) is 0.790. The van der Waals surface area contributed by atoms with Crippen LogP contribution in [0.4, 0.5) is 0 Å². The number of benzene rings is 1. The Morgan fingerprint density at radius 1 is 1.45 bits per heavy atom. The number of carbonyl (C=O) groups is 2. The van der Waals surface area contributed by atoms with Crippen LogP contribution in [-0.4, -0.2) is 29.7 Å². The number of carbonyl (C=O) groups excluding carboxylic acids is 1. The van der Waals surface area contributed by atoms with E-state index in [1.165, 1.54) is 0 Å². The average molecular weight is 298 g/mol. The van der Waals surface area contributed by atoms with Crippen LogP contribution in [0.25, 0.3) is 0 Å². The fourth-order valence-corrected chi connectivity index (χ4v) is 2.49. The summed E-state index contributed by atoms with van der Waals surface area (Å²) in [7, 11) is 0. The van der Waals surface area contributed by atoms with Crippen LogP contribution in [0.3, 0.4) is 0 Å². The first-order valence-corrected chi connectivity index (χ1v) is 6.84. The second-order valence-electron chi connectivity index (χ2n) is 4.68. The summed E-state index contributed by atoms with van der Waals surface area (Å²) in [4.78, 5) is 23.0. The van der Waals surface area contributed by atoms with Gasteiger partial charge in [-0.15, -0.1) is 0 Å². The highest BCUT2D eigenvalue weighted by Crippen LogP contribution is 2.25. The molecule has 0 spiro atoms. The number of carboxylic acid groups (broad SMARTS) is 1. The van der Waals surface area contributed by atoms with Crippen LogP contribution in [0.15, 0.2) is 24.3 Å². The van der Waals surface area contributed by atoms with Gasteiger partial charge >= 0.3 is 5.97 Å². The third kappa shape index (κ3) is 3.71. The molecule has 0 saturated carbocycles. The second kappa shape index (κ2) is 6.72. The molecule has 2 unspecified atom stereocenters. The van der Waals surface area contributed by atoms with Gasteiger partial charge in [0.2, 0.25) is 5.91 Å².